The first kappa shape index (κ1) is 11.3. The van der Waals surface area contributed by atoms with E-state index < -0.39 is 0 Å². The zero-order valence-electron chi connectivity index (χ0n) is 9.90. The molecule has 4 N–H and O–H groups in total. The molecule has 0 aliphatic carbocycles. The molecule has 0 aliphatic heterocycles. The van der Waals surface area contributed by atoms with Crippen molar-refractivity contribution in [3.05, 3.63) is 35.9 Å². The predicted molar refractivity (Wildman–Crippen MR) is 69.8 cm³/mol. The molecule has 0 amide bonds. The van der Waals surface area contributed by atoms with E-state index in [2.05, 4.69) is 4.98 Å². The summed E-state index contributed by atoms with van der Waals surface area (Å²) in [7, 11) is 1.54. The summed E-state index contributed by atoms with van der Waals surface area (Å²) in [5.74, 6) is 0.398. The number of aryl methyl sites for hydroxylation is 1. The molecule has 2 aromatic rings. The van der Waals surface area contributed by atoms with Crippen LogP contribution < -0.4 is 16.2 Å². The normalized spacial score (nSPS) is 10.2. The molecule has 0 unspecified atom stereocenters. The number of benzene rings is 1. The second kappa shape index (κ2) is 4.33. The van der Waals surface area contributed by atoms with Crippen molar-refractivity contribution >= 4 is 11.4 Å². The van der Waals surface area contributed by atoms with E-state index in [-0.39, 0.29) is 0 Å². The van der Waals surface area contributed by atoms with E-state index in [1.165, 1.54) is 12.7 Å². The van der Waals surface area contributed by atoms with Crippen LogP contribution >= 0.6 is 0 Å². The van der Waals surface area contributed by atoms with Gasteiger partial charge in [0.05, 0.1) is 24.2 Å². The molecular formula is C13H15N3O. The minimum Gasteiger partial charge on any atom is -0.480 e. The van der Waals surface area contributed by atoms with Crippen molar-refractivity contribution in [2.24, 2.45) is 0 Å². The summed E-state index contributed by atoms with van der Waals surface area (Å²) in [6.45, 7) is 2.03. The van der Waals surface area contributed by atoms with Gasteiger partial charge in [0.15, 0.2) is 0 Å². The standard InChI is InChI=1S/C13H15N3O/c1-8-3-5-9(6-4-8)12-10(14)7-11(15)13(16-12)17-2/h3-7H,14-15H2,1-2H3. The second-order valence-electron chi connectivity index (χ2n) is 3.89. The monoisotopic (exact) mass is 229 g/mol. The Labute approximate surface area is 100 Å². The van der Waals surface area contributed by atoms with Crippen molar-refractivity contribution in [1.82, 2.24) is 4.98 Å². The number of nitrogen functional groups attached to an aromatic ring is 2. The summed E-state index contributed by atoms with van der Waals surface area (Å²) < 4.78 is 5.09. The lowest BCUT2D eigenvalue weighted by Crippen LogP contribution is -2.01. The van der Waals surface area contributed by atoms with Gasteiger partial charge in [-0.3, -0.25) is 0 Å². The van der Waals surface area contributed by atoms with Gasteiger partial charge in [-0.1, -0.05) is 29.8 Å². The molecule has 4 nitrogen and oxygen atoms in total. The quantitative estimate of drug-likeness (QED) is 0.828. The molecule has 88 valence electrons. The lowest BCUT2D eigenvalue weighted by atomic mass is 10.1. The third kappa shape index (κ3) is 2.15. The van der Waals surface area contributed by atoms with Gasteiger partial charge in [-0.15, -0.1) is 0 Å². The van der Waals surface area contributed by atoms with Gasteiger partial charge < -0.3 is 16.2 Å². The van der Waals surface area contributed by atoms with Crippen LogP contribution in [-0.2, 0) is 0 Å². The average molecular weight is 229 g/mol. The van der Waals surface area contributed by atoms with Crippen LogP contribution in [-0.4, -0.2) is 12.1 Å². The van der Waals surface area contributed by atoms with Gasteiger partial charge in [0.2, 0.25) is 5.88 Å². The number of pyridine rings is 1. The average Bonchev–Trinajstić information content (AvgIpc) is 2.31. The summed E-state index contributed by atoms with van der Waals surface area (Å²) in [5, 5.41) is 0. The first-order valence-corrected chi connectivity index (χ1v) is 5.29. The smallest absolute Gasteiger partial charge is 0.237 e. The van der Waals surface area contributed by atoms with Gasteiger partial charge in [0.1, 0.15) is 0 Å². The fourth-order valence-corrected chi connectivity index (χ4v) is 1.63. The molecule has 0 atom stereocenters. The third-order valence-electron chi connectivity index (χ3n) is 2.56. The summed E-state index contributed by atoms with van der Waals surface area (Å²) >= 11 is 0. The Bertz CT molecular complexity index is 535. The highest BCUT2D eigenvalue weighted by molar-refractivity contribution is 5.76. The topological polar surface area (TPSA) is 74.2 Å². The van der Waals surface area contributed by atoms with Gasteiger partial charge >= 0.3 is 0 Å². The zero-order chi connectivity index (χ0) is 12.4. The van der Waals surface area contributed by atoms with Gasteiger partial charge in [-0.2, -0.15) is 0 Å². The fourth-order valence-electron chi connectivity index (χ4n) is 1.63. The van der Waals surface area contributed by atoms with Crippen LogP contribution in [0.4, 0.5) is 11.4 Å². The number of nitrogens with zero attached hydrogens (tertiary/aromatic N) is 1. The highest BCUT2D eigenvalue weighted by Crippen LogP contribution is 2.30. The van der Waals surface area contributed by atoms with Gasteiger partial charge in [-0.05, 0) is 13.0 Å². The molecule has 0 bridgehead atoms. The SMILES string of the molecule is COc1nc(-c2ccc(C)cc2)c(N)cc1N. The van der Waals surface area contributed by atoms with Gasteiger partial charge in [0, 0.05) is 5.56 Å². The number of methoxy groups -OCH3 is 1. The summed E-state index contributed by atoms with van der Waals surface area (Å²) in [6.07, 6.45) is 0. The molecule has 1 aromatic heterocycles. The maximum Gasteiger partial charge on any atom is 0.237 e. The summed E-state index contributed by atoms with van der Waals surface area (Å²) in [5.41, 5.74) is 15.5. The molecule has 0 saturated heterocycles. The minimum absolute atomic E-state index is 0.398. The molecule has 0 saturated carbocycles. The van der Waals surface area contributed by atoms with Crippen molar-refractivity contribution < 1.29 is 4.74 Å². The van der Waals surface area contributed by atoms with Crippen molar-refractivity contribution in [1.29, 1.82) is 0 Å². The van der Waals surface area contributed by atoms with Crippen LogP contribution in [0, 0.1) is 6.92 Å². The molecule has 17 heavy (non-hydrogen) atoms. The van der Waals surface area contributed by atoms with Gasteiger partial charge in [0.25, 0.3) is 0 Å². The zero-order valence-corrected chi connectivity index (χ0v) is 9.90. The molecule has 0 aliphatic rings. The minimum atomic E-state index is 0.398. The molecule has 4 heteroatoms. The van der Waals surface area contributed by atoms with Crippen LogP contribution in [0.2, 0.25) is 0 Å². The van der Waals surface area contributed by atoms with Crippen molar-refractivity contribution in [2.75, 3.05) is 18.6 Å². The van der Waals surface area contributed by atoms with Crippen LogP contribution in [0.5, 0.6) is 5.88 Å². The maximum absolute atomic E-state index is 5.92. The first-order valence-electron chi connectivity index (χ1n) is 5.29. The van der Waals surface area contributed by atoms with Crippen LogP contribution in [0.3, 0.4) is 0 Å². The first-order chi connectivity index (χ1) is 8.11. The van der Waals surface area contributed by atoms with E-state index in [1.54, 1.807) is 6.07 Å². The highest BCUT2D eigenvalue weighted by Gasteiger charge is 2.09. The maximum atomic E-state index is 5.92. The summed E-state index contributed by atoms with van der Waals surface area (Å²) in [6, 6.07) is 9.65. The summed E-state index contributed by atoms with van der Waals surface area (Å²) in [4.78, 5) is 4.32. The Morgan fingerprint density at radius 3 is 2.29 bits per heavy atom. The second-order valence-corrected chi connectivity index (χ2v) is 3.89. The lowest BCUT2D eigenvalue weighted by molar-refractivity contribution is 0.401. The number of hydrogen-bond donors (Lipinski definition) is 2. The Balaban J connectivity index is 2.55. The van der Waals surface area contributed by atoms with E-state index in [0.29, 0.717) is 22.9 Å². The Kier molecular flexibility index (Phi) is 2.87. The number of nitrogens with two attached hydrogens (primary N) is 2. The van der Waals surface area contributed by atoms with Crippen molar-refractivity contribution in [2.45, 2.75) is 6.92 Å². The molecule has 0 radical (unpaired) electrons. The van der Waals surface area contributed by atoms with E-state index in [4.69, 9.17) is 16.2 Å². The number of ether oxygens (including phenoxy) is 1. The Morgan fingerprint density at radius 1 is 1.06 bits per heavy atom. The largest absolute Gasteiger partial charge is 0.480 e. The predicted octanol–water partition coefficient (Wildman–Crippen LogP) is 2.23. The van der Waals surface area contributed by atoms with Crippen molar-refractivity contribution in [3.63, 3.8) is 0 Å². The fraction of sp³-hybridized carbons (Fsp3) is 0.154. The number of hydrogen-bond acceptors (Lipinski definition) is 4. The van der Waals surface area contributed by atoms with E-state index in [0.717, 1.165) is 5.56 Å². The van der Waals surface area contributed by atoms with E-state index in [9.17, 15) is 0 Å². The van der Waals surface area contributed by atoms with Crippen LogP contribution in [0.1, 0.15) is 5.56 Å². The molecule has 0 fully saturated rings. The van der Waals surface area contributed by atoms with Gasteiger partial charge in [-0.25, -0.2) is 4.98 Å². The van der Waals surface area contributed by atoms with Crippen LogP contribution in [0.25, 0.3) is 11.3 Å². The molecule has 2 rings (SSSR count). The number of anilines is 2. The number of aromatic nitrogens is 1. The third-order valence-corrected chi connectivity index (χ3v) is 2.56. The molecule has 1 heterocycles. The number of rotatable bonds is 2. The Morgan fingerprint density at radius 2 is 1.71 bits per heavy atom. The lowest BCUT2D eigenvalue weighted by Gasteiger charge is -2.09. The van der Waals surface area contributed by atoms with E-state index in [1.807, 2.05) is 31.2 Å². The molecular weight excluding hydrogens is 214 g/mol. The molecule has 1 aromatic carbocycles. The molecule has 0 spiro atoms. The van der Waals surface area contributed by atoms with Crippen LogP contribution in [0.15, 0.2) is 30.3 Å². The van der Waals surface area contributed by atoms with Crippen molar-refractivity contribution in [3.8, 4) is 17.1 Å². The van der Waals surface area contributed by atoms with E-state index >= 15 is 0 Å². The highest BCUT2D eigenvalue weighted by atomic mass is 16.5. The Hall–Kier alpha value is -2.23.